The molecule has 4 heteroatoms. The summed E-state index contributed by atoms with van der Waals surface area (Å²) in [5.41, 5.74) is 2.57. The second-order valence-corrected chi connectivity index (χ2v) is 8.84. The van der Waals surface area contributed by atoms with E-state index in [1.807, 2.05) is 30.3 Å². The molecule has 0 aromatic heterocycles. The second kappa shape index (κ2) is 9.20. The molecule has 0 radical (unpaired) electrons. The summed E-state index contributed by atoms with van der Waals surface area (Å²) in [7, 11) is 0. The normalized spacial score (nSPS) is 16.7. The molecule has 1 aliphatic heterocycles. The molecule has 0 amide bonds. The zero-order valence-corrected chi connectivity index (χ0v) is 18.5. The lowest BCUT2D eigenvalue weighted by molar-refractivity contribution is 0.210. The number of halogens is 2. The Kier molecular flexibility index (Phi) is 6.96. The van der Waals surface area contributed by atoms with Crippen molar-refractivity contribution < 1.29 is 4.74 Å². The van der Waals surface area contributed by atoms with Gasteiger partial charge >= 0.3 is 0 Å². The van der Waals surface area contributed by atoms with Gasteiger partial charge < -0.3 is 4.74 Å². The van der Waals surface area contributed by atoms with Gasteiger partial charge in [-0.15, -0.1) is 0 Å². The molecule has 1 aliphatic rings. The first kappa shape index (κ1) is 19.7. The van der Waals surface area contributed by atoms with Crippen LogP contribution >= 0.6 is 31.9 Å². The van der Waals surface area contributed by atoms with E-state index in [2.05, 4.69) is 68.8 Å². The third-order valence-electron chi connectivity index (χ3n) is 4.96. The maximum atomic E-state index is 5.97. The lowest BCUT2D eigenvalue weighted by atomic mass is 9.99. The smallest absolute Gasteiger partial charge is 0.141 e. The van der Waals surface area contributed by atoms with Gasteiger partial charge in [-0.3, -0.25) is 4.90 Å². The Bertz CT molecular complexity index is 762. The van der Waals surface area contributed by atoms with Crippen molar-refractivity contribution in [1.29, 1.82) is 0 Å². The summed E-state index contributed by atoms with van der Waals surface area (Å²) >= 11 is 6.99. The van der Waals surface area contributed by atoms with Gasteiger partial charge in [0.15, 0.2) is 0 Å². The SMILES string of the molecule is CC(=CCN1CCC(C)CC1)c1ccc(Oc2ccc(Br)cc2Br)cc1. The van der Waals surface area contributed by atoms with Gasteiger partial charge in [-0.25, -0.2) is 0 Å². The van der Waals surface area contributed by atoms with Crippen LogP contribution in [-0.2, 0) is 0 Å². The molecule has 2 aromatic rings. The fraction of sp³-hybridized carbons (Fsp3) is 0.364. The van der Waals surface area contributed by atoms with Crippen LogP contribution in [-0.4, -0.2) is 24.5 Å². The summed E-state index contributed by atoms with van der Waals surface area (Å²) in [6, 6.07) is 14.2. The monoisotopic (exact) mass is 477 g/mol. The van der Waals surface area contributed by atoms with E-state index in [1.165, 1.54) is 37.1 Å². The van der Waals surface area contributed by atoms with Crippen molar-refractivity contribution in [1.82, 2.24) is 4.90 Å². The number of hydrogen-bond donors (Lipinski definition) is 0. The van der Waals surface area contributed by atoms with Gasteiger partial charge in [0.25, 0.3) is 0 Å². The number of hydrogen-bond acceptors (Lipinski definition) is 2. The minimum Gasteiger partial charge on any atom is -0.456 e. The number of rotatable bonds is 5. The summed E-state index contributed by atoms with van der Waals surface area (Å²) in [5.74, 6) is 2.54. The number of likely N-dealkylation sites (tertiary alicyclic amines) is 1. The van der Waals surface area contributed by atoms with Crippen molar-refractivity contribution in [2.24, 2.45) is 5.92 Å². The molecular formula is C22H25Br2NO. The Morgan fingerprint density at radius 1 is 1.12 bits per heavy atom. The highest BCUT2D eigenvalue weighted by molar-refractivity contribution is 9.11. The maximum absolute atomic E-state index is 5.97. The highest BCUT2D eigenvalue weighted by Gasteiger charge is 2.14. The van der Waals surface area contributed by atoms with Crippen molar-refractivity contribution in [3.63, 3.8) is 0 Å². The molecule has 3 rings (SSSR count). The lowest BCUT2D eigenvalue weighted by Crippen LogP contribution is -2.32. The van der Waals surface area contributed by atoms with E-state index in [4.69, 9.17) is 4.74 Å². The van der Waals surface area contributed by atoms with Gasteiger partial charge in [-0.2, -0.15) is 0 Å². The van der Waals surface area contributed by atoms with Crippen LogP contribution in [0.15, 0.2) is 57.5 Å². The van der Waals surface area contributed by atoms with Gasteiger partial charge in [-0.05, 0) is 96.2 Å². The molecule has 1 heterocycles. The van der Waals surface area contributed by atoms with E-state index in [0.717, 1.165) is 32.9 Å². The van der Waals surface area contributed by atoms with Crippen LogP contribution in [0.25, 0.3) is 5.57 Å². The van der Waals surface area contributed by atoms with Crippen molar-refractivity contribution in [3.05, 3.63) is 63.0 Å². The number of piperidine rings is 1. The Morgan fingerprint density at radius 2 is 1.81 bits per heavy atom. The summed E-state index contributed by atoms with van der Waals surface area (Å²) in [5, 5.41) is 0. The van der Waals surface area contributed by atoms with Crippen molar-refractivity contribution in [3.8, 4) is 11.5 Å². The van der Waals surface area contributed by atoms with Crippen LogP contribution in [0.5, 0.6) is 11.5 Å². The summed E-state index contributed by atoms with van der Waals surface area (Å²) in [6.45, 7) is 8.03. The van der Waals surface area contributed by atoms with E-state index in [-0.39, 0.29) is 0 Å². The number of allylic oxidation sites excluding steroid dienone is 1. The van der Waals surface area contributed by atoms with E-state index in [0.29, 0.717) is 0 Å². The minimum atomic E-state index is 0.813. The van der Waals surface area contributed by atoms with Crippen LogP contribution in [0.2, 0.25) is 0 Å². The van der Waals surface area contributed by atoms with Crippen molar-refractivity contribution in [2.75, 3.05) is 19.6 Å². The van der Waals surface area contributed by atoms with E-state index < -0.39 is 0 Å². The topological polar surface area (TPSA) is 12.5 Å². The molecule has 0 unspecified atom stereocenters. The average Bonchev–Trinajstić information content (AvgIpc) is 2.64. The molecule has 0 aliphatic carbocycles. The third-order valence-corrected chi connectivity index (χ3v) is 6.08. The predicted octanol–water partition coefficient (Wildman–Crippen LogP) is 7.14. The fourth-order valence-electron chi connectivity index (χ4n) is 3.10. The summed E-state index contributed by atoms with van der Waals surface area (Å²) in [4.78, 5) is 2.55. The van der Waals surface area contributed by atoms with Crippen LogP contribution in [0, 0.1) is 5.92 Å². The van der Waals surface area contributed by atoms with Gasteiger partial charge in [0, 0.05) is 11.0 Å². The highest BCUT2D eigenvalue weighted by Crippen LogP contribution is 2.32. The molecule has 1 saturated heterocycles. The van der Waals surface area contributed by atoms with Crippen LogP contribution in [0.4, 0.5) is 0 Å². The first-order chi connectivity index (χ1) is 12.5. The molecule has 0 spiro atoms. The summed E-state index contributed by atoms with van der Waals surface area (Å²) < 4.78 is 7.93. The molecule has 138 valence electrons. The Balaban J connectivity index is 1.60. The van der Waals surface area contributed by atoms with E-state index in [9.17, 15) is 0 Å². The zero-order valence-electron chi connectivity index (χ0n) is 15.3. The molecule has 0 saturated carbocycles. The van der Waals surface area contributed by atoms with Crippen LogP contribution < -0.4 is 4.74 Å². The number of benzene rings is 2. The Labute approximate surface area is 173 Å². The molecule has 0 bridgehead atoms. The fourth-order valence-corrected chi connectivity index (χ4v) is 4.23. The third kappa shape index (κ3) is 5.45. The average molecular weight is 479 g/mol. The number of nitrogens with zero attached hydrogens (tertiary/aromatic N) is 1. The molecule has 1 fully saturated rings. The quantitative estimate of drug-likeness (QED) is 0.452. The molecule has 0 atom stereocenters. The molecule has 0 N–H and O–H groups in total. The first-order valence-corrected chi connectivity index (χ1v) is 10.7. The molecule has 26 heavy (non-hydrogen) atoms. The second-order valence-electron chi connectivity index (χ2n) is 7.07. The number of ether oxygens (including phenoxy) is 1. The van der Waals surface area contributed by atoms with Crippen LogP contribution in [0.3, 0.4) is 0 Å². The van der Waals surface area contributed by atoms with Gasteiger partial charge in [0.05, 0.1) is 4.47 Å². The van der Waals surface area contributed by atoms with Crippen molar-refractivity contribution >= 4 is 37.4 Å². The van der Waals surface area contributed by atoms with Gasteiger partial charge in [-0.1, -0.05) is 41.1 Å². The van der Waals surface area contributed by atoms with Gasteiger partial charge in [0.2, 0.25) is 0 Å². The Morgan fingerprint density at radius 3 is 2.46 bits per heavy atom. The maximum Gasteiger partial charge on any atom is 0.141 e. The lowest BCUT2D eigenvalue weighted by Gasteiger charge is -2.29. The first-order valence-electron chi connectivity index (χ1n) is 9.14. The predicted molar refractivity (Wildman–Crippen MR) is 117 cm³/mol. The largest absolute Gasteiger partial charge is 0.456 e. The van der Waals surface area contributed by atoms with Gasteiger partial charge in [0.1, 0.15) is 11.5 Å². The zero-order chi connectivity index (χ0) is 18.5. The standard InChI is InChI=1S/C22H25Br2NO/c1-16-9-12-25(13-10-16)14-11-17(2)18-3-6-20(7-4-18)26-22-8-5-19(23)15-21(22)24/h3-8,11,15-16H,9-10,12-14H2,1-2H3. The minimum absolute atomic E-state index is 0.813. The molecular weight excluding hydrogens is 454 g/mol. The van der Waals surface area contributed by atoms with E-state index in [1.54, 1.807) is 0 Å². The highest BCUT2D eigenvalue weighted by atomic mass is 79.9. The van der Waals surface area contributed by atoms with Crippen LogP contribution in [0.1, 0.15) is 32.3 Å². The molecule has 2 aromatic carbocycles. The van der Waals surface area contributed by atoms with Crippen molar-refractivity contribution in [2.45, 2.75) is 26.7 Å². The Hall–Kier alpha value is -1.10. The molecule has 2 nitrogen and oxygen atoms in total. The van der Waals surface area contributed by atoms with E-state index >= 15 is 0 Å². The summed E-state index contributed by atoms with van der Waals surface area (Å²) in [6.07, 6.45) is 4.99.